The first-order chi connectivity index (χ1) is 14.2. The molecule has 6 nitrogen and oxygen atoms in total. The molecule has 1 aromatic carbocycles. The molecule has 166 valence electrons. The van der Waals surface area contributed by atoms with Crippen LogP contribution in [0.2, 0.25) is 5.02 Å². The maximum atomic E-state index is 14.1. The topological polar surface area (TPSA) is 83.7 Å². The number of halogens is 9. The second-order valence-corrected chi connectivity index (χ2v) is 6.27. The second kappa shape index (κ2) is 7.51. The number of aromatic amines is 2. The summed E-state index contributed by atoms with van der Waals surface area (Å²) < 4.78 is 111. The maximum absolute atomic E-state index is 14.1. The van der Waals surface area contributed by atoms with Gasteiger partial charge in [-0.05, 0) is 24.3 Å². The number of nitrogens with one attached hydrogen (secondary N) is 2. The fourth-order valence-electron chi connectivity index (χ4n) is 2.32. The molecule has 0 radical (unpaired) electrons. The Labute approximate surface area is 170 Å². The molecule has 2 heterocycles. The van der Waals surface area contributed by atoms with E-state index in [4.69, 9.17) is 16.3 Å². The van der Waals surface area contributed by atoms with Crippen LogP contribution >= 0.6 is 11.6 Å². The lowest BCUT2D eigenvalue weighted by molar-refractivity contribution is -0.291. The van der Waals surface area contributed by atoms with Crippen LogP contribution in [0.25, 0.3) is 11.5 Å². The zero-order chi connectivity index (χ0) is 23.2. The summed E-state index contributed by atoms with van der Waals surface area (Å²) >= 11 is 5.42. The quantitative estimate of drug-likeness (QED) is 0.504. The molecular weight excluding hydrogens is 468 g/mol. The lowest BCUT2D eigenvalue weighted by Crippen LogP contribution is -2.36. The van der Waals surface area contributed by atoms with Gasteiger partial charge in [0.1, 0.15) is 11.4 Å². The summed E-state index contributed by atoms with van der Waals surface area (Å²) in [5.41, 5.74) is -5.53. The van der Waals surface area contributed by atoms with Gasteiger partial charge in [-0.25, -0.2) is 4.98 Å². The van der Waals surface area contributed by atoms with E-state index in [1.54, 1.807) is 0 Å². The highest BCUT2D eigenvalue weighted by molar-refractivity contribution is 6.31. The molecule has 2 aromatic heterocycles. The molecule has 2 N–H and O–H groups in total. The van der Waals surface area contributed by atoms with Crippen molar-refractivity contribution < 1.29 is 39.9 Å². The summed E-state index contributed by atoms with van der Waals surface area (Å²) in [5.74, 6) is -8.99. The number of nitrogens with zero attached hydrogens (tertiary/aromatic N) is 2. The van der Waals surface area contributed by atoms with Gasteiger partial charge in [-0.2, -0.15) is 40.2 Å². The minimum Gasteiger partial charge on any atom is -0.449 e. The Bertz CT molecular complexity index is 1160. The number of rotatable bonds is 4. The van der Waals surface area contributed by atoms with Crippen molar-refractivity contribution in [1.82, 2.24) is 20.2 Å². The number of hydrogen-bond donors (Lipinski definition) is 2. The highest BCUT2D eigenvalue weighted by Gasteiger charge is 2.62. The van der Waals surface area contributed by atoms with Crippen LogP contribution in [-0.2, 0) is 12.1 Å². The zero-order valence-electron chi connectivity index (χ0n) is 14.5. The maximum Gasteiger partial charge on any atom is 0.459 e. The molecule has 0 saturated heterocycles. The number of H-pyrrole nitrogens is 2. The molecule has 0 atom stereocenters. The highest BCUT2D eigenvalue weighted by Crippen LogP contribution is 2.46. The van der Waals surface area contributed by atoms with Crippen LogP contribution in [0.1, 0.15) is 11.3 Å². The van der Waals surface area contributed by atoms with Gasteiger partial charge in [0.2, 0.25) is 5.75 Å². The van der Waals surface area contributed by atoms with E-state index in [1.807, 2.05) is 4.98 Å². The summed E-state index contributed by atoms with van der Waals surface area (Å²) in [6, 6.07) is 2.76. The Morgan fingerprint density at radius 1 is 1.00 bits per heavy atom. The SMILES string of the molecule is O=c1[nH]c(-c2cc[nH]n2)nc(C(F)(F)C(F)(F)F)c1Oc1ccc(Cl)c(C(F)(F)F)c1. The summed E-state index contributed by atoms with van der Waals surface area (Å²) in [6.45, 7) is 0. The fraction of sp³-hybridized carbons (Fsp3) is 0.188. The van der Waals surface area contributed by atoms with Crippen molar-refractivity contribution in [2.75, 3.05) is 0 Å². The largest absolute Gasteiger partial charge is 0.459 e. The molecule has 0 unspecified atom stereocenters. The summed E-state index contributed by atoms with van der Waals surface area (Å²) in [4.78, 5) is 17.3. The van der Waals surface area contributed by atoms with E-state index in [2.05, 4.69) is 15.2 Å². The standard InChI is InChI=1S/C16H7ClF8N4O2/c17-8-2-1-6(5-7(8)15(20,21)22)31-10-11(14(18,19)16(23,24)25)27-12(28-13(10)30)9-3-4-26-29-9/h1-5H,(H,26,29)(H,27,28,30). The van der Waals surface area contributed by atoms with Crippen molar-refractivity contribution in [3.05, 3.63) is 57.1 Å². The number of ether oxygens (including phenoxy) is 1. The van der Waals surface area contributed by atoms with Crippen molar-refractivity contribution in [1.29, 1.82) is 0 Å². The van der Waals surface area contributed by atoms with Gasteiger partial charge in [-0.1, -0.05) is 11.6 Å². The normalized spacial score (nSPS) is 12.8. The van der Waals surface area contributed by atoms with Gasteiger partial charge in [-0.15, -0.1) is 0 Å². The van der Waals surface area contributed by atoms with E-state index < -0.39 is 57.4 Å². The smallest absolute Gasteiger partial charge is 0.449 e. The van der Waals surface area contributed by atoms with Gasteiger partial charge in [0, 0.05) is 6.20 Å². The Balaban J connectivity index is 2.20. The van der Waals surface area contributed by atoms with Gasteiger partial charge in [0.15, 0.2) is 11.5 Å². The molecule has 0 spiro atoms. The Morgan fingerprint density at radius 3 is 2.23 bits per heavy atom. The van der Waals surface area contributed by atoms with Crippen LogP contribution < -0.4 is 10.3 Å². The van der Waals surface area contributed by atoms with Crippen molar-refractivity contribution in [2.24, 2.45) is 0 Å². The van der Waals surface area contributed by atoms with Gasteiger partial charge in [-0.3, -0.25) is 9.89 Å². The van der Waals surface area contributed by atoms with Crippen molar-refractivity contribution in [3.8, 4) is 23.0 Å². The van der Waals surface area contributed by atoms with E-state index in [-0.39, 0.29) is 11.8 Å². The molecule has 0 aliphatic carbocycles. The predicted octanol–water partition coefficient (Wildman–Crippen LogP) is 5.28. The zero-order valence-corrected chi connectivity index (χ0v) is 15.3. The van der Waals surface area contributed by atoms with Crippen molar-refractivity contribution in [2.45, 2.75) is 18.3 Å². The first-order valence-electron chi connectivity index (χ1n) is 7.86. The van der Waals surface area contributed by atoms with E-state index in [0.717, 1.165) is 12.1 Å². The first-order valence-corrected chi connectivity index (χ1v) is 8.23. The molecular formula is C16H7ClF8N4O2. The minimum absolute atomic E-state index is 0.235. The number of alkyl halides is 8. The molecule has 0 saturated carbocycles. The third kappa shape index (κ3) is 4.33. The number of benzene rings is 1. The molecule has 31 heavy (non-hydrogen) atoms. The van der Waals surface area contributed by atoms with E-state index in [9.17, 15) is 39.9 Å². The number of aromatic nitrogens is 4. The fourth-order valence-corrected chi connectivity index (χ4v) is 2.55. The molecule has 3 rings (SSSR count). The average molecular weight is 475 g/mol. The Hall–Kier alpha value is -3.16. The van der Waals surface area contributed by atoms with Gasteiger partial charge in [0.05, 0.1) is 10.6 Å². The summed E-state index contributed by atoms with van der Waals surface area (Å²) in [7, 11) is 0. The monoisotopic (exact) mass is 474 g/mol. The van der Waals surface area contributed by atoms with Crippen LogP contribution in [0, 0.1) is 0 Å². The molecule has 0 amide bonds. The first kappa shape index (κ1) is 22.5. The minimum atomic E-state index is -6.20. The molecule has 3 aromatic rings. The summed E-state index contributed by atoms with van der Waals surface area (Å²) in [6.07, 6.45) is -10.0. The Kier molecular flexibility index (Phi) is 5.46. The van der Waals surface area contributed by atoms with E-state index >= 15 is 0 Å². The Morgan fingerprint density at radius 2 is 1.68 bits per heavy atom. The average Bonchev–Trinajstić information content (AvgIpc) is 3.17. The molecule has 0 bridgehead atoms. The molecule has 0 aliphatic heterocycles. The van der Waals surface area contributed by atoms with Crippen LogP contribution in [0.4, 0.5) is 35.1 Å². The second-order valence-electron chi connectivity index (χ2n) is 5.87. The van der Waals surface area contributed by atoms with Crippen LogP contribution in [-0.4, -0.2) is 26.3 Å². The lowest BCUT2D eigenvalue weighted by atomic mass is 10.2. The number of hydrogen-bond acceptors (Lipinski definition) is 4. The van der Waals surface area contributed by atoms with E-state index in [1.165, 1.54) is 6.20 Å². The van der Waals surface area contributed by atoms with Crippen molar-refractivity contribution >= 4 is 11.6 Å². The van der Waals surface area contributed by atoms with Crippen molar-refractivity contribution in [3.63, 3.8) is 0 Å². The highest BCUT2D eigenvalue weighted by atomic mass is 35.5. The molecule has 0 aliphatic rings. The van der Waals surface area contributed by atoms with E-state index in [0.29, 0.717) is 6.07 Å². The van der Waals surface area contributed by atoms with Gasteiger partial charge in [0.25, 0.3) is 5.56 Å². The molecule has 0 fully saturated rings. The van der Waals surface area contributed by atoms with Gasteiger partial charge < -0.3 is 9.72 Å². The third-order valence-corrected chi connectivity index (χ3v) is 4.07. The predicted molar refractivity (Wildman–Crippen MR) is 88.9 cm³/mol. The van der Waals surface area contributed by atoms with Crippen LogP contribution in [0.5, 0.6) is 11.5 Å². The third-order valence-electron chi connectivity index (χ3n) is 3.74. The van der Waals surface area contributed by atoms with Crippen LogP contribution in [0.15, 0.2) is 35.3 Å². The van der Waals surface area contributed by atoms with Crippen LogP contribution in [0.3, 0.4) is 0 Å². The summed E-state index contributed by atoms with van der Waals surface area (Å²) in [5, 5.41) is 4.96. The molecule has 15 heteroatoms. The lowest BCUT2D eigenvalue weighted by Gasteiger charge is -2.21. The van der Waals surface area contributed by atoms with Gasteiger partial charge >= 0.3 is 18.3 Å².